The van der Waals surface area contributed by atoms with E-state index in [1.54, 1.807) is 11.3 Å². The molecule has 2 N–H and O–H groups in total. The van der Waals surface area contributed by atoms with E-state index in [-0.39, 0.29) is 18.3 Å². The van der Waals surface area contributed by atoms with Crippen LogP contribution < -0.4 is 10.6 Å². The summed E-state index contributed by atoms with van der Waals surface area (Å²) in [7, 11) is 0. The van der Waals surface area contributed by atoms with Gasteiger partial charge in [-0.05, 0) is 37.1 Å². The molecule has 0 saturated carbocycles. The molecule has 1 amide bonds. The first kappa shape index (κ1) is 13.8. The molecule has 2 bridgehead atoms. The Balaban J connectivity index is 0.00000120. The number of hydrogen-bond acceptors (Lipinski definition) is 3. The summed E-state index contributed by atoms with van der Waals surface area (Å²) in [6, 6.07) is 5.69. The lowest BCUT2D eigenvalue weighted by Gasteiger charge is -2.29. The van der Waals surface area contributed by atoms with Gasteiger partial charge in [0, 0.05) is 23.0 Å². The van der Waals surface area contributed by atoms with E-state index in [4.69, 9.17) is 0 Å². The van der Waals surface area contributed by atoms with E-state index in [2.05, 4.69) is 10.6 Å². The van der Waals surface area contributed by atoms with Crippen LogP contribution in [0.3, 0.4) is 0 Å². The molecule has 0 aromatic carbocycles. The summed E-state index contributed by atoms with van der Waals surface area (Å²) in [5.74, 6) is 0.179. The molecule has 100 valence electrons. The van der Waals surface area contributed by atoms with Gasteiger partial charge in [0.2, 0.25) is 5.91 Å². The number of rotatable bonds is 3. The van der Waals surface area contributed by atoms with Crippen LogP contribution in [0.25, 0.3) is 0 Å². The lowest BCUT2D eigenvalue weighted by atomic mass is 10.00. The highest BCUT2D eigenvalue weighted by Crippen LogP contribution is 2.26. The second-order valence-corrected chi connectivity index (χ2v) is 6.16. The molecule has 2 aliphatic rings. The van der Waals surface area contributed by atoms with Gasteiger partial charge in [-0.2, -0.15) is 0 Å². The van der Waals surface area contributed by atoms with E-state index < -0.39 is 0 Å². The lowest BCUT2D eigenvalue weighted by Crippen LogP contribution is -2.48. The quantitative estimate of drug-likeness (QED) is 0.894. The third-order valence-electron chi connectivity index (χ3n) is 3.75. The minimum absolute atomic E-state index is 0. The van der Waals surface area contributed by atoms with E-state index in [1.807, 2.05) is 17.5 Å². The van der Waals surface area contributed by atoms with Gasteiger partial charge in [-0.1, -0.05) is 6.07 Å². The molecule has 1 aromatic rings. The number of carbonyl (C=O) groups is 1. The van der Waals surface area contributed by atoms with Crippen molar-refractivity contribution in [1.82, 2.24) is 10.6 Å². The molecule has 2 aliphatic heterocycles. The average Bonchev–Trinajstić information content (AvgIpc) is 2.89. The van der Waals surface area contributed by atoms with E-state index in [1.165, 1.54) is 12.8 Å². The van der Waals surface area contributed by atoms with Gasteiger partial charge in [-0.15, -0.1) is 23.7 Å². The second-order valence-electron chi connectivity index (χ2n) is 5.13. The number of carbonyl (C=O) groups excluding carboxylic acids is 1. The Morgan fingerprint density at radius 1 is 1.39 bits per heavy atom. The van der Waals surface area contributed by atoms with Gasteiger partial charge in [0.25, 0.3) is 0 Å². The monoisotopic (exact) mass is 286 g/mol. The lowest BCUT2D eigenvalue weighted by molar-refractivity contribution is -0.121. The van der Waals surface area contributed by atoms with Crippen LogP contribution in [0.5, 0.6) is 0 Å². The van der Waals surface area contributed by atoms with E-state index in [9.17, 15) is 4.79 Å². The van der Waals surface area contributed by atoms with Crippen LogP contribution in [0.2, 0.25) is 0 Å². The van der Waals surface area contributed by atoms with Crippen molar-refractivity contribution < 1.29 is 4.79 Å². The summed E-state index contributed by atoms with van der Waals surface area (Å²) in [5, 5.41) is 8.80. The van der Waals surface area contributed by atoms with Gasteiger partial charge in [-0.25, -0.2) is 0 Å². The molecule has 0 spiro atoms. The Morgan fingerprint density at radius 2 is 2.11 bits per heavy atom. The third kappa shape index (κ3) is 3.25. The van der Waals surface area contributed by atoms with Crippen molar-refractivity contribution in [3.8, 4) is 0 Å². The molecule has 3 heterocycles. The highest BCUT2D eigenvalue weighted by Gasteiger charge is 2.33. The summed E-state index contributed by atoms with van der Waals surface area (Å²) in [6.45, 7) is 0. The fraction of sp³-hybridized carbons (Fsp3) is 0.615. The Kier molecular flexibility index (Phi) is 4.65. The van der Waals surface area contributed by atoms with Crippen molar-refractivity contribution in [3.63, 3.8) is 0 Å². The molecule has 2 saturated heterocycles. The van der Waals surface area contributed by atoms with Gasteiger partial charge in [0.05, 0.1) is 6.42 Å². The summed E-state index contributed by atoms with van der Waals surface area (Å²) in [4.78, 5) is 13.0. The van der Waals surface area contributed by atoms with Gasteiger partial charge in [0.15, 0.2) is 0 Å². The number of nitrogens with one attached hydrogen (secondary N) is 2. The predicted molar refractivity (Wildman–Crippen MR) is 76.4 cm³/mol. The zero-order valence-electron chi connectivity index (χ0n) is 10.2. The molecule has 2 atom stereocenters. The van der Waals surface area contributed by atoms with Crippen LogP contribution in [0, 0.1) is 0 Å². The van der Waals surface area contributed by atoms with Gasteiger partial charge in [0.1, 0.15) is 0 Å². The summed E-state index contributed by atoms with van der Waals surface area (Å²) >= 11 is 1.65. The fourth-order valence-corrected chi connectivity index (χ4v) is 3.73. The number of thiophene rings is 1. The maximum atomic E-state index is 11.9. The van der Waals surface area contributed by atoms with Crippen LogP contribution in [0.1, 0.15) is 30.6 Å². The maximum Gasteiger partial charge on any atom is 0.225 e. The first-order valence-electron chi connectivity index (χ1n) is 6.37. The van der Waals surface area contributed by atoms with Gasteiger partial charge < -0.3 is 10.6 Å². The van der Waals surface area contributed by atoms with Crippen LogP contribution in [0.15, 0.2) is 17.5 Å². The molecular formula is C13H19ClN2OS. The number of fused-ring (bicyclic) bond motifs is 2. The standard InChI is InChI=1S/C13H18N2OS.ClH/c16-13(8-12-2-1-5-17-12)15-11-6-9-3-4-10(7-11)14-9;/h1-2,5,9-11,14H,3-4,6-8H2,(H,15,16);1H. The molecule has 3 rings (SSSR count). The number of amides is 1. The molecule has 18 heavy (non-hydrogen) atoms. The number of hydrogen-bond donors (Lipinski definition) is 2. The van der Waals surface area contributed by atoms with E-state index >= 15 is 0 Å². The van der Waals surface area contributed by atoms with Crippen LogP contribution >= 0.6 is 23.7 Å². The van der Waals surface area contributed by atoms with Crippen LogP contribution in [-0.2, 0) is 11.2 Å². The largest absolute Gasteiger partial charge is 0.353 e. The summed E-state index contributed by atoms with van der Waals surface area (Å²) in [5.41, 5.74) is 0. The number of piperidine rings is 1. The van der Waals surface area contributed by atoms with Gasteiger partial charge in [-0.3, -0.25) is 4.79 Å². The topological polar surface area (TPSA) is 41.1 Å². The Hall–Kier alpha value is -0.580. The molecule has 0 aliphatic carbocycles. The van der Waals surface area contributed by atoms with E-state index in [0.717, 1.165) is 17.7 Å². The Labute approximate surface area is 118 Å². The molecular weight excluding hydrogens is 268 g/mol. The van der Waals surface area contributed by atoms with Crippen molar-refractivity contribution in [2.75, 3.05) is 0 Å². The number of halogens is 1. The molecule has 1 aromatic heterocycles. The predicted octanol–water partition coefficient (Wildman–Crippen LogP) is 2.11. The zero-order chi connectivity index (χ0) is 11.7. The smallest absolute Gasteiger partial charge is 0.225 e. The fourth-order valence-electron chi connectivity index (χ4n) is 3.03. The van der Waals surface area contributed by atoms with E-state index in [0.29, 0.717) is 24.5 Å². The Bertz CT molecular complexity index is 384. The van der Waals surface area contributed by atoms with Crippen molar-refractivity contribution in [1.29, 1.82) is 0 Å². The van der Waals surface area contributed by atoms with Crippen molar-refractivity contribution in [2.45, 2.75) is 50.2 Å². The zero-order valence-corrected chi connectivity index (χ0v) is 11.9. The third-order valence-corrected chi connectivity index (χ3v) is 4.63. The summed E-state index contributed by atoms with van der Waals surface area (Å²) < 4.78 is 0. The normalized spacial score (nSPS) is 29.7. The second kappa shape index (κ2) is 6.04. The van der Waals surface area contributed by atoms with Crippen molar-refractivity contribution in [2.24, 2.45) is 0 Å². The van der Waals surface area contributed by atoms with Crippen molar-refractivity contribution >= 4 is 29.7 Å². The first-order chi connectivity index (χ1) is 8.29. The highest BCUT2D eigenvalue weighted by molar-refractivity contribution is 7.10. The average molecular weight is 287 g/mol. The minimum atomic E-state index is 0. The minimum Gasteiger partial charge on any atom is -0.353 e. The molecule has 5 heteroatoms. The Morgan fingerprint density at radius 3 is 2.72 bits per heavy atom. The molecule has 3 nitrogen and oxygen atoms in total. The van der Waals surface area contributed by atoms with Gasteiger partial charge >= 0.3 is 0 Å². The molecule has 2 fully saturated rings. The molecule has 2 unspecified atom stereocenters. The van der Waals surface area contributed by atoms with Crippen LogP contribution in [0.4, 0.5) is 0 Å². The van der Waals surface area contributed by atoms with Crippen LogP contribution in [-0.4, -0.2) is 24.0 Å². The highest BCUT2D eigenvalue weighted by atomic mass is 35.5. The maximum absolute atomic E-state index is 11.9. The van der Waals surface area contributed by atoms with Crippen molar-refractivity contribution in [3.05, 3.63) is 22.4 Å². The summed E-state index contributed by atoms with van der Waals surface area (Å²) in [6.07, 6.45) is 5.31. The molecule has 0 radical (unpaired) electrons. The first-order valence-corrected chi connectivity index (χ1v) is 7.25. The SMILES string of the molecule is Cl.O=C(Cc1cccs1)NC1CC2CCC(C1)N2.